The standard InChI is InChI=1S/C9H10ClFO2/c1-3-13-6-4-5-7(12-2)9(11)8(6)10/h4-5H,3H2,1-2H3. The summed E-state index contributed by atoms with van der Waals surface area (Å²) in [4.78, 5) is 0. The summed E-state index contributed by atoms with van der Waals surface area (Å²) in [5, 5.41) is -0.0406. The van der Waals surface area contributed by atoms with Crippen molar-refractivity contribution in [2.75, 3.05) is 13.7 Å². The van der Waals surface area contributed by atoms with Crippen molar-refractivity contribution in [1.29, 1.82) is 0 Å². The van der Waals surface area contributed by atoms with Gasteiger partial charge in [-0.05, 0) is 19.1 Å². The van der Waals surface area contributed by atoms with E-state index in [-0.39, 0.29) is 10.8 Å². The van der Waals surface area contributed by atoms with E-state index in [1.807, 2.05) is 0 Å². The first-order chi connectivity index (χ1) is 6.20. The summed E-state index contributed by atoms with van der Waals surface area (Å²) in [6.45, 7) is 2.25. The highest BCUT2D eigenvalue weighted by atomic mass is 35.5. The molecule has 0 saturated heterocycles. The van der Waals surface area contributed by atoms with Crippen LogP contribution in [0.15, 0.2) is 12.1 Å². The largest absolute Gasteiger partial charge is 0.494 e. The lowest BCUT2D eigenvalue weighted by atomic mass is 10.3. The molecule has 1 aromatic carbocycles. The molecule has 1 rings (SSSR count). The van der Waals surface area contributed by atoms with Crippen LogP contribution in [0.3, 0.4) is 0 Å². The van der Waals surface area contributed by atoms with Crippen molar-refractivity contribution in [3.63, 3.8) is 0 Å². The lowest BCUT2D eigenvalue weighted by molar-refractivity contribution is 0.334. The maximum atomic E-state index is 13.2. The molecule has 0 atom stereocenters. The molecule has 4 heteroatoms. The fourth-order valence-electron chi connectivity index (χ4n) is 0.939. The van der Waals surface area contributed by atoms with E-state index in [9.17, 15) is 4.39 Å². The Hall–Kier alpha value is -0.960. The number of halogens is 2. The first-order valence-corrected chi connectivity index (χ1v) is 4.23. The molecule has 0 aliphatic carbocycles. The smallest absolute Gasteiger partial charge is 0.187 e. The van der Waals surface area contributed by atoms with E-state index in [4.69, 9.17) is 21.1 Å². The van der Waals surface area contributed by atoms with E-state index in [1.165, 1.54) is 13.2 Å². The van der Waals surface area contributed by atoms with Crippen LogP contribution < -0.4 is 9.47 Å². The Bertz CT molecular complexity index is 302. The Morgan fingerprint density at radius 2 is 2.00 bits per heavy atom. The van der Waals surface area contributed by atoms with Crippen molar-refractivity contribution in [2.24, 2.45) is 0 Å². The van der Waals surface area contributed by atoms with Crippen molar-refractivity contribution in [2.45, 2.75) is 6.92 Å². The zero-order valence-electron chi connectivity index (χ0n) is 7.43. The molecule has 0 unspecified atom stereocenters. The predicted molar refractivity (Wildman–Crippen MR) is 49.1 cm³/mol. The molecule has 0 saturated carbocycles. The Morgan fingerprint density at radius 1 is 1.38 bits per heavy atom. The van der Waals surface area contributed by atoms with E-state index in [0.29, 0.717) is 12.4 Å². The Kier molecular flexibility index (Phi) is 3.37. The van der Waals surface area contributed by atoms with Crippen LogP contribution in [0.4, 0.5) is 4.39 Å². The lowest BCUT2D eigenvalue weighted by Gasteiger charge is -2.08. The van der Waals surface area contributed by atoms with Crippen LogP contribution >= 0.6 is 11.6 Å². The third-order valence-electron chi connectivity index (χ3n) is 1.53. The van der Waals surface area contributed by atoms with Crippen LogP contribution in [0.5, 0.6) is 11.5 Å². The van der Waals surface area contributed by atoms with E-state index >= 15 is 0 Å². The normalized spacial score (nSPS) is 9.85. The summed E-state index contributed by atoms with van der Waals surface area (Å²) in [6.07, 6.45) is 0. The van der Waals surface area contributed by atoms with Crippen LogP contribution in [-0.4, -0.2) is 13.7 Å². The maximum absolute atomic E-state index is 13.2. The lowest BCUT2D eigenvalue weighted by Crippen LogP contribution is -1.95. The van der Waals surface area contributed by atoms with Gasteiger partial charge in [0.2, 0.25) is 0 Å². The Morgan fingerprint density at radius 3 is 2.54 bits per heavy atom. The molecule has 0 aromatic heterocycles. The first kappa shape index (κ1) is 10.1. The van der Waals surface area contributed by atoms with E-state index in [2.05, 4.69) is 0 Å². The van der Waals surface area contributed by atoms with Crippen molar-refractivity contribution in [3.05, 3.63) is 23.0 Å². The molecule has 13 heavy (non-hydrogen) atoms. The molecule has 0 heterocycles. The highest BCUT2D eigenvalue weighted by Gasteiger charge is 2.12. The summed E-state index contributed by atoms with van der Waals surface area (Å²) in [5.74, 6) is -0.133. The summed E-state index contributed by atoms with van der Waals surface area (Å²) >= 11 is 5.68. The zero-order valence-corrected chi connectivity index (χ0v) is 8.19. The van der Waals surface area contributed by atoms with E-state index in [0.717, 1.165) is 0 Å². The molecule has 2 nitrogen and oxygen atoms in total. The third-order valence-corrected chi connectivity index (χ3v) is 1.88. The number of benzene rings is 1. The molecule has 0 aliphatic heterocycles. The predicted octanol–water partition coefficient (Wildman–Crippen LogP) is 2.89. The Labute approximate surface area is 81.2 Å². The van der Waals surface area contributed by atoms with Gasteiger partial charge >= 0.3 is 0 Å². The number of methoxy groups -OCH3 is 1. The number of hydrogen-bond donors (Lipinski definition) is 0. The van der Waals surface area contributed by atoms with Crippen LogP contribution in [0.1, 0.15) is 6.92 Å². The van der Waals surface area contributed by atoms with Gasteiger partial charge in [-0.2, -0.15) is 0 Å². The minimum atomic E-state index is -0.588. The third kappa shape index (κ3) is 2.04. The molecule has 0 spiro atoms. The van der Waals surface area contributed by atoms with Gasteiger partial charge in [-0.15, -0.1) is 0 Å². The maximum Gasteiger partial charge on any atom is 0.187 e. The minimum Gasteiger partial charge on any atom is -0.494 e. The van der Waals surface area contributed by atoms with Crippen LogP contribution in [0.25, 0.3) is 0 Å². The van der Waals surface area contributed by atoms with Crippen LogP contribution in [-0.2, 0) is 0 Å². The van der Waals surface area contributed by atoms with Gasteiger partial charge in [0.25, 0.3) is 0 Å². The minimum absolute atomic E-state index is 0.0406. The number of rotatable bonds is 3. The van der Waals surface area contributed by atoms with Gasteiger partial charge in [0.05, 0.1) is 13.7 Å². The van der Waals surface area contributed by atoms with Gasteiger partial charge < -0.3 is 9.47 Å². The molecular formula is C9H10ClFO2. The van der Waals surface area contributed by atoms with Gasteiger partial charge in [-0.25, -0.2) is 4.39 Å². The van der Waals surface area contributed by atoms with Crippen molar-refractivity contribution >= 4 is 11.6 Å². The number of hydrogen-bond acceptors (Lipinski definition) is 2. The molecule has 0 fully saturated rings. The highest BCUT2D eigenvalue weighted by Crippen LogP contribution is 2.32. The molecule has 0 N–H and O–H groups in total. The second kappa shape index (κ2) is 4.33. The van der Waals surface area contributed by atoms with Crippen molar-refractivity contribution in [3.8, 4) is 11.5 Å². The van der Waals surface area contributed by atoms with Gasteiger partial charge in [0, 0.05) is 0 Å². The van der Waals surface area contributed by atoms with Crippen LogP contribution in [0, 0.1) is 5.82 Å². The van der Waals surface area contributed by atoms with Gasteiger partial charge in [-0.3, -0.25) is 0 Å². The topological polar surface area (TPSA) is 18.5 Å². The molecule has 0 amide bonds. The van der Waals surface area contributed by atoms with Gasteiger partial charge in [0.1, 0.15) is 10.8 Å². The molecule has 0 radical (unpaired) electrons. The fourth-order valence-corrected chi connectivity index (χ4v) is 1.15. The quantitative estimate of drug-likeness (QED) is 0.754. The second-order valence-electron chi connectivity index (χ2n) is 2.33. The summed E-state index contributed by atoms with van der Waals surface area (Å²) in [5.41, 5.74) is 0. The van der Waals surface area contributed by atoms with Crippen LogP contribution in [0.2, 0.25) is 5.02 Å². The van der Waals surface area contributed by atoms with Gasteiger partial charge in [-0.1, -0.05) is 11.6 Å². The second-order valence-corrected chi connectivity index (χ2v) is 2.70. The van der Waals surface area contributed by atoms with Crippen molar-refractivity contribution < 1.29 is 13.9 Å². The van der Waals surface area contributed by atoms with E-state index < -0.39 is 5.82 Å². The molecule has 1 aromatic rings. The van der Waals surface area contributed by atoms with E-state index in [1.54, 1.807) is 13.0 Å². The van der Waals surface area contributed by atoms with Crippen molar-refractivity contribution in [1.82, 2.24) is 0 Å². The van der Waals surface area contributed by atoms with Gasteiger partial charge in [0.15, 0.2) is 11.6 Å². The molecule has 0 aliphatic rings. The average Bonchev–Trinajstić information content (AvgIpc) is 2.14. The Balaban J connectivity index is 3.07. The number of ether oxygens (including phenoxy) is 2. The first-order valence-electron chi connectivity index (χ1n) is 3.85. The molecule has 72 valence electrons. The summed E-state index contributed by atoms with van der Waals surface area (Å²) in [6, 6.07) is 3.06. The average molecular weight is 205 g/mol. The highest BCUT2D eigenvalue weighted by molar-refractivity contribution is 6.32. The summed E-state index contributed by atoms with van der Waals surface area (Å²) in [7, 11) is 1.38. The zero-order chi connectivity index (χ0) is 9.84. The monoisotopic (exact) mass is 204 g/mol. The summed E-state index contributed by atoms with van der Waals surface area (Å²) < 4.78 is 23.1. The fraction of sp³-hybridized carbons (Fsp3) is 0.333. The SMILES string of the molecule is CCOc1ccc(OC)c(F)c1Cl. The molecule has 0 bridgehead atoms. The molecular weight excluding hydrogens is 195 g/mol.